The maximum atomic E-state index is 12.9. The van der Waals surface area contributed by atoms with Gasteiger partial charge in [-0.15, -0.1) is 0 Å². The highest BCUT2D eigenvalue weighted by atomic mass is 16.7. The van der Waals surface area contributed by atoms with Gasteiger partial charge in [-0.1, -0.05) is 60.7 Å². The van der Waals surface area contributed by atoms with Crippen molar-refractivity contribution in [3.8, 4) is 0 Å². The molecule has 1 N–H and O–H groups in total. The number of benzene rings is 2. The number of carbonyl (C=O) groups is 2. The molecule has 4 rings (SSSR count). The molecule has 40 heavy (non-hydrogen) atoms. The second kappa shape index (κ2) is 12.9. The fraction of sp³-hybridized carbons (Fsp3) is 0.379. The highest BCUT2D eigenvalue weighted by Gasteiger charge is 2.60. The molecule has 4 atom stereocenters. The fourth-order valence-corrected chi connectivity index (χ4v) is 4.55. The minimum atomic E-state index is -1.50. The van der Waals surface area contributed by atoms with E-state index in [0.717, 1.165) is 15.7 Å². The van der Waals surface area contributed by atoms with E-state index in [2.05, 4.69) is 4.98 Å². The van der Waals surface area contributed by atoms with Crippen LogP contribution in [0, 0.1) is 6.92 Å². The summed E-state index contributed by atoms with van der Waals surface area (Å²) in [5.74, 6) is -1.22. The van der Waals surface area contributed by atoms with Crippen LogP contribution < -0.4 is 11.2 Å². The van der Waals surface area contributed by atoms with Crippen LogP contribution in [0.5, 0.6) is 0 Å². The van der Waals surface area contributed by atoms with Gasteiger partial charge in [0.15, 0.2) is 17.9 Å². The zero-order valence-corrected chi connectivity index (χ0v) is 22.5. The molecule has 0 radical (unpaired) electrons. The predicted molar refractivity (Wildman–Crippen MR) is 142 cm³/mol. The van der Waals surface area contributed by atoms with Crippen molar-refractivity contribution >= 4 is 11.9 Å². The molecule has 1 fully saturated rings. The molecule has 1 aromatic heterocycles. The summed E-state index contributed by atoms with van der Waals surface area (Å²) in [6, 6.07) is 18.7. The van der Waals surface area contributed by atoms with Crippen LogP contribution >= 0.6 is 0 Å². The van der Waals surface area contributed by atoms with Crippen molar-refractivity contribution in [1.29, 1.82) is 0 Å². The minimum Gasteiger partial charge on any atom is -0.463 e. The first-order chi connectivity index (χ1) is 19.2. The van der Waals surface area contributed by atoms with Crippen molar-refractivity contribution in [2.75, 3.05) is 13.2 Å². The standard InChI is InChI=1S/C29H32N2O9/c1-19-14-31(28(35)30-26(19)34)27-24(39-21(3)33)25(37-16-23-12-8-5-9-13-23)29(40-27,18-38-20(2)32)17-36-15-22-10-6-4-7-11-22/h4-14,24-25,27H,15-18H2,1-3H3,(H,30,34,35)/t24-,25+,27-,29+/m1/s1. The molecule has 0 spiro atoms. The molecular weight excluding hydrogens is 520 g/mol. The second-order valence-corrected chi connectivity index (χ2v) is 9.60. The molecule has 1 aliphatic heterocycles. The molecule has 11 heteroatoms. The Morgan fingerprint density at radius 3 is 2.15 bits per heavy atom. The topological polar surface area (TPSA) is 135 Å². The third kappa shape index (κ3) is 6.92. The maximum absolute atomic E-state index is 12.9. The largest absolute Gasteiger partial charge is 0.463 e. The van der Waals surface area contributed by atoms with E-state index in [4.69, 9.17) is 23.7 Å². The summed E-state index contributed by atoms with van der Waals surface area (Å²) in [4.78, 5) is 51.4. The van der Waals surface area contributed by atoms with Gasteiger partial charge in [-0.05, 0) is 18.1 Å². The van der Waals surface area contributed by atoms with Crippen LogP contribution in [-0.4, -0.2) is 52.5 Å². The van der Waals surface area contributed by atoms with E-state index in [1.165, 1.54) is 27.0 Å². The Hall–Kier alpha value is -4.06. The smallest absolute Gasteiger partial charge is 0.330 e. The number of rotatable bonds is 11. The Kier molecular flexibility index (Phi) is 9.30. The number of ether oxygens (including phenoxy) is 5. The van der Waals surface area contributed by atoms with Gasteiger partial charge in [0.2, 0.25) is 0 Å². The zero-order valence-electron chi connectivity index (χ0n) is 22.5. The predicted octanol–water partition coefficient (Wildman–Crippen LogP) is 2.41. The highest BCUT2D eigenvalue weighted by Crippen LogP contribution is 2.42. The lowest BCUT2D eigenvalue weighted by Gasteiger charge is -2.34. The van der Waals surface area contributed by atoms with E-state index < -0.39 is 47.2 Å². The number of nitrogens with zero attached hydrogens (tertiary/aromatic N) is 1. The molecule has 0 unspecified atom stereocenters. The first kappa shape index (κ1) is 28.9. The van der Waals surface area contributed by atoms with Gasteiger partial charge in [0.1, 0.15) is 12.7 Å². The average molecular weight is 553 g/mol. The zero-order chi connectivity index (χ0) is 28.7. The molecule has 3 aromatic rings. The van der Waals surface area contributed by atoms with Gasteiger partial charge < -0.3 is 23.7 Å². The highest BCUT2D eigenvalue weighted by molar-refractivity contribution is 5.66. The van der Waals surface area contributed by atoms with Gasteiger partial charge in [0.25, 0.3) is 5.56 Å². The number of aryl methyl sites for hydroxylation is 1. The van der Waals surface area contributed by atoms with Crippen LogP contribution in [0.15, 0.2) is 76.4 Å². The summed E-state index contributed by atoms with van der Waals surface area (Å²) >= 11 is 0. The molecule has 2 heterocycles. The number of hydrogen-bond donors (Lipinski definition) is 1. The molecule has 0 bridgehead atoms. The number of hydrogen-bond acceptors (Lipinski definition) is 9. The first-order valence-corrected chi connectivity index (χ1v) is 12.8. The third-order valence-electron chi connectivity index (χ3n) is 6.43. The Labute approximate surface area is 230 Å². The van der Waals surface area contributed by atoms with E-state index in [9.17, 15) is 19.2 Å². The van der Waals surface area contributed by atoms with Crippen molar-refractivity contribution < 1.29 is 33.3 Å². The van der Waals surface area contributed by atoms with Crippen molar-refractivity contribution in [2.24, 2.45) is 0 Å². The summed E-state index contributed by atoms with van der Waals surface area (Å²) < 4.78 is 31.1. The van der Waals surface area contributed by atoms with E-state index in [-0.39, 0.29) is 32.0 Å². The fourth-order valence-electron chi connectivity index (χ4n) is 4.55. The average Bonchev–Trinajstić information content (AvgIpc) is 3.21. The molecular formula is C29H32N2O9. The van der Waals surface area contributed by atoms with Crippen molar-refractivity contribution in [1.82, 2.24) is 9.55 Å². The van der Waals surface area contributed by atoms with Gasteiger partial charge in [-0.2, -0.15) is 0 Å². The number of aromatic nitrogens is 2. The number of nitrogens with one attached hydrogen (secondary N) is 1. The van der Waals surface area contributed by atoms with E-state index in [0.29, 0.717) is 0 Å². The van der Waals surface area contributed by atoms with Crippen LogP contribution in [0.2, 0.25) is 0 Å². The monoisotopic (exact) mass is 552 g/mol. The van der Waals surface area contributed by atoms with Crippen LogP contribution in [-0.2, 0) is 46.5 Å². The van der Waals surface area contributed by atoms with Gasteiger partial charge in [-0.25, -0.2) is 4.79 Å². The Morgan fingerprint density at radius 2 is 1.55 bits per heavy atom. The Morgan fingerprint density at radius 1 is 0.925 bits per heavy atom. The van der Waals surface area contributed by atoms with Gasteiger partial charge in [-0.3, -0.25) is 23.9 Å². The number of carbonyl (C=O) groups excluding carboxylic acids is 2. The minimum absolute atomic E-state index is 0.0966. The normalized spacial score (nSPS) is 22.1. The van der Waals surface area contributed by atoms with Gasteiger partial charge >= 0.3 is 17.6 Å². The summed E-state index contributed by atoms with van der Waals surface area (Å²) in [7, 11) is 0. The summed E-state index contributed by atoms with van der Waals surface area (Å²) in [5.41, 5.74) is -0.861. The molecule has 212 valence electrons. The molecule has 1 saturated heterocycles. The lowest BCUT2D eigenvalue weighted by Crippen LogP contribution is -2.53. The maximum Gasteiger partial charge on any atom is 0.330 e. The van der Waals surface area contributed by atoms with E-state index >= 15 is 0 Å². The van der Waals surface area contributed by atoms with Crippen molar-refractivity contribution in [2.45, 2.75) is 58.0 Å². The summed E-state index contributed by atoms with van der Waals surface area (Å²) in [6.45, 7) is 3.86. The quantitative estimate of drug-likeness (QED) is 0.356. The van der Waals surface area contributed by atoms with Crippen molar-refractivity contribution in [3.05, 3.63) is 104 Å². The van der Waals surface area contributed by atoms with E-state index in [1.807, 2.05) is 60.7 Å². The molecule has 2 aromatic carbocycles. The summed E-state index contributed by atoms with van der Waals surface area (Å²) in [5, 5.41) is 0. The first-order valence-electron chi connectivity index (χ1n) is 12.8. The SMILES string of the molecule is CC(=O)OC[C@]1(COCc2ccccc2)O[C@@H](n2cc(C)c(=O)[nH]c2=O)[C@H](OC(C)=O)[C@@H]1OCc1ccccc1. The number of H-pyrrole nitrogens is 1. The molecule has 11 nitrogen and oxygen atoms in total. The molecule has 0 amide bonds. The van der Waals surface area contributed by atoms with Crippen molar-refractivity contribution in [3.63, 3.8) is 0 Å². The molecule has 1 aliphatic rings. The van der Waals surface area contributed by atoms with Crippen LogP contribution in [0.25, 0.3) is 0 Å². The number of aromatic amines is 1. The Balaban J connectivity index is 1.76. The number of esters is 2. The van der Waals surface area contributed by atoms with E-state index in [1.54, 1.807) is 0 Å². The lowest BCUT2D eigenvalue weighted by molar-refractivity contribution is -0.189. The van der Waals surface area contributed by atoms with Gasteiger partial charge in [0, 0.05) is 25.6 Å². The third-order valence-corrected chi connectivity index (χ3v) is 6.43. The Bertz CT molecular complexity index is 1420. The second-order valence-electron chi connectivity index (χ2n) is 9.60. The summed E-state index contributed by atoms with van der Waals surface area (Å²) in [6.07, 6.45) is -2.12. The molecule has 0 aliphatic carbocycles. The van der Waals surface area contributed by atoms with Crippen LogP contribution in [0.3, 0.4) is 0 Å². The van der Waals surface area contributed by atoms with Crippen LogP contribution in [0.4, 0.5) is 0 Å². The van der Waals surface area contributed by atoms with Crippen LogP contribution in [0.1, 0.15) is 36.8 Å². The lowest BCUT2D eigenvalue weighted by atomic mass is 9.96. The van der Waals surface area contributed by atoms with Gasteiger partial charge in [0.05, 0.1) is 19.8 Å². The molecule has 0 saturated carbocycles.